The van der Waals surface area contributed by atoms with Gasteiger partial charge in [-0.1, -0.05) is 0 Å². The Kier molecular flexibility index (Phi) is 13.9. The molecule has 1 aromatic rings. The van der Waals surface area contributed by atoms with Crippen molar-refractivity contribution in [2.24, 2.45) is 0 Å². The third-order valence-electron chi connectivity index (χ3n) is 5.63. The topological polar surface area (TPSA) is 100 Å². The zero-order valence-electron chi connectivity index (χ0n) is 21.3. The van der Waals surface area contributed by atoms with E-state index in [2.05, 4.69) is 0 Å². The lowest BCUT2D eigenvalue weighted by atomic mass is 10.2. The van der Waals surface area contributed by atoms with Gasteiger partial charge in [-0.05, 0) is 50.7 Å². The molecule has 3 rings (SSSR count). The minimum Gasteiger partial charge on any atom is -0.491 e. The molecule has 0 aromatic heterocycles. The number of carbonyl (C=O) groups excluding carboxylic acids is 1. The Morgan fingerprint density at radius 2 is 1.22 bits per heavy atom. The molecule has 0 aliphatic carbocycles. The molecule has 0 N–H and O–H groups in total. The summed E-state index contributed by atoms with van der Waals surface area (Å²) >= 11 is 0. The van der Waals surface area contributed by atoms with Crippen LogP contribution in [0.4, 0.5) is 0 Å². The van der Waals surface area contributed by atoms with Crippen LogP contribution in [0.3, 0.4) is 0 Å². The molecule has 2 aliphatic heterocycles. The number of ether oxygens (including phenoxy) is 9. The van der Waals surface area contributed by atoms with Gasteiger partial charge in [0, 0.05) is 19.3 Å². The van der Waals surface area contributed by atoms with Crippen LogP contribution in [0.5, 0.6) is 11.5 Å². The monoisotopic (exact) mass is 512 g/mol. The molecule has 1 aromatic carbocycles. The molecule has 36 heavy (non-hydrogen) atoms. The fraction of sp³-hybridized carbons (Fsp3) is 0.731. The standard InChI is InChI=1S/C26H40O10/c1-28-26(27)21-18-22(31-14-10-29-12-16-35-24-6-2-4-8-33-24)20-23(19-21)32-15-11-30-13-17-36-25-7-3-5-9-34-25/h18-20,24-25H,2-17H2,1H3. The number of carbonyl (C=O) groups is 1. The van der Waals surface area contributed by atoms with E-state index in [0.717, 1.165) is 51.7 Å². The van der Waals surface area contributed by atoms with Crippen molar-refractivity contribution in [3.63, 3.8) is 0 Å². The summed E-state index contributed by atoms with van der Waals surface area (Å²) in [4.78, 5) is 12.0. The van der Waals surface area contributed by atoms with Gasteiger partial charge < -0.3 is 42.6 Å². The van der Waals surface area contributed by atoms with Crippen LogP contribution in [0.15, 0.2) is 18.2 Å². The van der Waals surface area contributed by atoms with Crippen LogP contribution in [0.25, 0.3) is 0 Å². The fourth-order valence-corrected chi connectivity index (χ4v) is 3.78. The van der Waals surface area contributed by atoms with Crippen molar-refractivity contribution in [3.8, 4) is 11.5 Å². The Balaban J connectivity index is 1.30. The van der Waals surface area contributed by atoms with Crippen molar-refractivity contribution in [2.75, 3.05) is 73.2 Å². The Labute approximate surface area is 213 Å². The summed E-state index contributed by atoms with van der Waals surface area (Å²) in [5.74, 6) is 0.511. The van der Waals surface area contributed by atoms with Gasteiger partial charge in [-0.15, -0.1) is 0 Å². The highest BCUT2D eigenvalue weighted by Crippen LogP contribution is 2.24. The van der Waals surface area contributed by atoms with Gasteiger partial charge in [0.1, 0.15) is 24.7 Å². The SMILES string of the molecule is COC(=O)c1cc(OCCOCCOC2CCCCO2)cc(OCCOCCOC2CCCCO2)c1. The van der Waals surface area contributed by atoms with Gasteiger partial charge in [-0.25, -0.2) is 4.79 Å². The Morgan fingerprint density at radius 1 is 0.722 bits per heavy atom. The van der Waals surface area contributed by atoms with Crippen molar-refractivity contribution in [2.45, 2.75) is 51.1 Å². The molecule has 2 atom stereocenters. The molecule has 2 fully saturated rings. The molecule has 2 unspecified atom stereocenters. The molecular weight excluding hydrogens is 472 g/mol. The zero-order valence-corrected chi connectivity index (χ0v) is 21.3. The number of hydrogen-bond donors (Lipinski definition) is 0. The van der Waals surface area contributed by atoms with Gasteiger partial charge in [0.05, 0.1) is 52.3 Å². The van der Waals surface area contributed by atoms with E-state index in [-0.39, 0.29) is 12.6 Å². The number of hydrogen-bond acceptors (Lipinski definition) is 10. The highest BCUT2D eigenvalue weighted by molar-refractivity contribution is 5.90. The van der Waals surface area contributed by atoms with Crippen LogP contribution in [0.2, 0.25) is 0 Å². The van der Waals surface area contributed by atoms with Crippen molar-refractivity contribution < 1.29 is 47.4 Å². The molecule has 2 saturated heterocycles. The van der Waals surface area contributed by atoms with Gasteiger partial charge in [0.2, 0.25) is 0 Å². The lowest BCUT2D eigenvalue weighted by Gasteiger charge is -2.22. The first kappa shape index (κ1) is 28.6. The first-order valence-corrected chi connectivity index (χ1v) is 12.9. The maximum absolute atomic E-state index is 12.0. The van der Waals surface area contributed by atoms with Crippen LogP contribution in [-0.4, -0.2) is 91.7 Å². The minimum absolute atomic E-state index is 0.118. The van der Waals surface area contributed by atoms with E-state index >= 15 is 0 Å². The second kappa shape index (κ2) is 17.5. The van der Waals surface area contributed by atoms with E-state index < -0.39 is 5.97 Å². The first-order chi connectivity index (χ1) is 17.7. The predicted octanol–water partition coefficient (Wildman–Crippen LogP) is 3.35. The molecule has 0 spiro atoms. The molecule has 204 valence electrons. The first-order valence-electron chi connectivity index (χ1n) is 12.9. The van der Waals surface area contributed by atoms with Gasteiger partial charge in [0.25, 0.3) is 0 Å². The third kappa shape index (κ3) is 11.4. The smallest absolute Gasteiger partial charge is 0.338 e. The normalized spacial score (nSPS) is 20.1. The highest BCUT2D eigenvalue weighted by atomic mass is 16.7. The molecule has 2 aliphatic rings. The van der Waals surface area contributed by atoms with Crippen LogP contribution < -0.4 is 9.47 Å². The van der Waals surface area contributed by atoms with Gasteiger partial charge in [0.15, 0.2) is 12.6 Å². The molecule has 2 heterocycles. The molecule has 10 nitrogen and oxygen atoms in total. The number of methoxy groups -OCH3 is 1. The lowest BCUT2D eigenvalue weighted by molar-refractivity contribution is -0.169. The molecule has 10 heteroatoms. The molecular formula is C26H40O10. The van der Waals surface area contributed by atoms with Crippen LogP contribution in [0.1, 0.15) is 48.9 Å². The van der Waals surface area contributed by atoms with Crippen molar-refractivity contribution in [3.05, 3.63) is 23.8 Å². The van der Waals surface area contributed by atoms with E-state index in [1.165, 1.54) is 7.11 Å². The number of benzene rings is 1. The van der Waals surface area contributed by atoms with Gasteiger partial charge in [-0.2, -0.15) is 0 Å². The fourth-order valence-electron chi connectivity index (χ4n) is 3.78. The summed E-state index contributed by atoms with van der Waals surface area (Å²) in [6, 6.07) is 4.95. The second-order valence-corrected chi connectivity index (χ2v) is 8.44. The average Bonchev–Trinajstić information content (AvgIpc) is 2.92. The summed E-state index contributed by atoms with van der Waals surface area (Å²) in [5.41, 5.74) is 0.341. The summed E-state index contributed by atoms with van der Waals surface area (Å²) < 4.78 is 49.8. The van der Waals surface area contributed by atoms with Crippen molar-refractivity contribution in [1.29, 1.82) is 0 Å². The van der Waals surface area contributed by atoms with Crippen LogP contribution >= 0.6 is 0 Å². The summed E-state index contributed by atoms with van der Waals surface area (Å²) in [5, 5.41) is 0. The highest BCUT2D eigenvalue weighted by Gasteiger charge is 2.15. The molecule has 0 amide bonds. The van der Waals surface area contributed by atoms with E-state index in [0.29, 0.717) is 69.9 Å². The molecule has 0 bridgehead atoms. The average molecular weight is 513 g/mol. The van der Waals surface area contributed by atoms with Crippen LogP contribution in [-0.2, 0) is 33.2 Å². The summed E-state index contributed by atoms with van der Waals surface area (Å²) in [6.07, 6.45) is 6.08. The third-order valence-corrected chi connectivity index (χ3v) is 5.63. The second-order valence-electron chi connectivity index (χ2n) is 8.44. The quantitative estimate of drug-likeness (QED) is 0.228. The van der Waals surface area contributed by atoms with E-state index in [4.69, 9.17) is 42.6 Å². The summed E-state index contributed by atoms with van der Waals surface area (Å²) in [7, 11) is 1.33. The summed E-state index contributed by atoms with van der Waals surface area (Å²) in [6.45, 7) is 4.78. The largest absolute Gasteiger partial charge is 0.491 e. The van der Waals surface area contributed by atoms with Crippen molar-refractivity contribution in [1.82, 2.24) is 0 Å². The van der Waals surface area contributed by atoms with E-state index in [1.54, 1.807) is 18.2 Å². The number of rotatable bonds is 17. The van der Waals surface area contributed by atoms with Gasteiger partial charge in [-0.3, -0.25) is 0 Å². The van der Waals surface area contributed by atoms with Crippen LogP contribution in [0, 0.1) is 0 Å². The molecule has 0 saturated carbocycles. The predicted molar refractivity (Wildman–Crippen MR) is 129 cm³/mol. The van der Waals surface area contributed by atoms with E-state index in [9.17, 15) is 4.79 Å². The zero-order chi connectivity index (χ0) is 25.3. The van der Waals surface area contributed by atoms with E-state index in [1.807, 2.05) is 0 Å². The molecule has 0 radical (unpaired) electrons. The lowest BCUT2D eigenvalue weighted by Crippen LogP contribution is -2.24. The maximum Gasteiger partial charge on any atom is 0.338 e. The Bertz CT molecular complexity index is 681. The van der Waals surface area contributed by atoms with Gasteiger partial charge >= 0.3 is 5.97 Å². The number of esters is 1. The minimum atomic E-state index is -0.470. The Hall–Kier alpha value is -1.95. The van der Waals surface area contributed by atoms with Crippen molar-refractivity contribution >= 4 is 5.97 Å². The Morgan fingerprint density at radius 3 is 1.67 bits per heavy atom. The maximum atomic E-state index is 12.0.